The lowest BCUT2D eigenvalue weighted by molar-refractivity contribution is -0.109. The van der Waals surface area contributed by atoms with Crippen molar-refractivity contribution in [3.05, 3.63) is 0 Å². The molecule has 1 saturated heterocycles. The van der Waals surface area contributed by atoms with Crippen molar-refractivity contribution in [3.8, 4) is 0 Å². The molecule has 0 unspecified atom stereocenters. The van der Waals surface area contributed by atoms with Crippen LogP contribution in [0, 0.1) is 11.8 Å². The maximum atomic E-state index is 10.6. The van der Waals surface area contributed by atoms with Crippen molar-refractivity contribution in [1.29, 1.82) is 0 Å². The fourth-order valence-electron chi connectivity index (χ4n) is 2.71. The van der Waals surface area contributed by atoms with Crippen LogP contribution < -0.4 is 0 Å². The Bertz CT molecular complexity index is 206. The standard InChI is InChI=1S/C11H19NO/c1-11(2,10-7-9(10)8-13)12-5-3-4-6-12/h8-10H,3-7H2,1-2H3/t9-,10+/m0/s1. The van der Waals surface area contributed by atoms with Gasteiger partial charge in [0, 0.05) is 11.5 Å². The molecule has 0 aromatic heterocycles. The number of likely N-dealkylation sites (tertiary alicyclic amines) is 1. The molecule has 1 heterocycles. The van der Waals surface area contributed by atoms with Gasteiger partial charge in [0.2, 0.25) is 0 Å². The Kier molecular flexibility index (Phi) is 2.18. The monoisotopic (exact) mass is 181 g/mol. The first kappa shape index (κ1) is 9.20. The summed E-state index contributed by atoms with van der Waals surface area (Å²) in [6, 6.07) is 0. The number of rotatable bonds is 3. The summed E-state index contributed by atoms with van der Waals surface area (Å²) in [6.07, 6.45) is 4.93. The van der Waals surface area contributed by atoms with Crippen molar-refractivity contribution in [2.45, 2.75) is 38.6 Å². The van der Waals surface area contributed by atoms with Crippen LogP contribution in [0.1, 0.15) is 33.1 Å². The first-order chi connectivity index (χ1) is 6.16. The third-order valence-corrected chi connectivity index (χ3v) is 3.84. The Morgan fingerprint density at radius 1 is 1.31 bits per heavy atom. The maximum Gasteiger partial charge on any atom is 0.123 e. The number of carbonyl (C=O) groups excluding carboxylic acids is 1. The molecule has 74 valence electrons. The molecule has 0 aromatic rings. The fraction of sp³-hybridized carbons (Fsp3) is 0.909. The summed E-state index contributed by atoms with van der Waals surface area (Å²) in [5.41, 5.74) is 0.266. The van der Waals surface area contributed by atoms with Crippen LogP contribution in [0.4, 0.5) is 0 Å². The summed E-state index contributed by atoms with van der Waals surface area (Å²) in [5, 5.41) is 0. The average Bonchev–Trinajstić information content (AvgIpc) is 2.70. The molecule has 2 heteroatoms. The van der Waals surface area contributed by atoms with E-state index in [-0.39, 0.29) is 5.54 Å². The number of hydrogen-bond donors (Lipinski definition) is 0. The van der Waals surface area contributed by atoms with Crippen molar-refractivity contribution >= 4 is 6.29 Å². The zero-order chi connectivity index (χ0) is 9.47. The number of aldehydes is 1. The van der Waals surface area contributed by atoms with Gasteiger partial charge in [0.15, 0.2) is 0 Å². The van der Waals surface area contributed by atoms with Crippen LogP contribution in [0.3, 0.4) is 0 Å². The average molecular weight is 181 g/mol. The Balaban J connectivity index is 1.98. The van der Waals surface area contributed by atoms with Crippen molar-refractivity contribution in [2.75, 3.05) is 13.1 Å². The number of hydrogen-bond acceptors (Lipinski definition) is 2. The molecule has 13 heavy (non-hydrogen) atoms. The molecule has 0 amide bonds. The van der Waals surface area contributed by atoms with E-state index < -0.39 is 0 Å². The molecule has 0 bridgehead atoms. The Labute approximate surface area is 80.3 Å². The summed E-state index contributed by atoms with van der Waals surface area (Å²) in [4.78, 5) is 13.2. The van der Waals surface area contributed by atoms with Gasteiger partial charge in [-0.2, -0.15) is 0 Å². The highest BCUT2D eigenvalue weighted by Crippen LogP contribution is 2.48. The molecule has 1 aliphatic heterocycles. The minimum Gasteiger partial charge on any atom is -0.303 e. The van der Waals surface area contributed by atoms with Gasteiger partial charge >= 0.3 is 0 Å². The second kappa shape index (κ2) is 3.09. The van der Waals surface area contributed by atoms with E-state index in [9.17, 15) is 4.79 Å². The minimum atomic E-state index is 0.266. The molecular formula is C11H19NO. The lowest BCUT2D eigenvalue weighted by Gasteiger charge is -2.36. The van der Waals surface area contributed by atoms with Gasteiger partial charge in [0.05, 0.1) is 0 Å². The second-order valence-corrected chi connectivity index (χ2v) is 4.99. The van der Waals surface area contributed by atoms with Crippen LogP contribution in [0.5, 0.6) is 0 Å². The summed E-state index contributed by atoms with van der Waals surface area (Å²) in [5.74, 6) is 0.985. The summed E-state index contributed by atoms with van der Waals surface area (Å²) in [7, 11) is 0. The first-order valence-electron chi connectivity index (χ1n) is 5.36. The summed E-state index contributed by atoms with van der Waals surface area (Å²) < 4.78 is 0. The molecule has 0 aromatic carbocycles. The quantitative estimate of drug-likeness (QED) is 0.618. The lowest BCUT2D eigenvalue weighted by Crippen LogP contribution is -2.44. The lowest BCUT2D eigenvalue weighted by atomic mass is 9.95. The van der Waals surface area contributed by atoms with Gasteiger partial charge in [-0.25, -0.2) is 0 Å². The molecule has 2 atom stereocenters. The van der Waals surface area contributed by atoms with E-state index in [2.05, 4.69) is 18.7 Å². The highest BCUT2D eigenvalue weighted by Gasteiger charge is 2.50. The van der Waals surface area contributed by atoms with Crippen LogP contribution in [0.2, 0.25) is 0 Å². The van der Waals surface area contributed by atoms with Gasteiger partial charge in [0.1, 0.15) is 6.29 Å². The topological polar surface area (TPSA) is 20.3 Å². The van der Waals surface area contributed by atoms with E-state index >= 15 is 0 Å². The predicted molar refractivity (Wildman–Crippen MR) is 52.5 cm³/mol. The molecule has 2 nitrogen and oxygen atoms in total. The van der Waals surface area contributed by atoms with E-state index in [1.54, 1.807) is 0 Å². The van der Waals surface area contributed by atoms with Gasteiger partial charge < -0.3 is 4.79 Å². The summed E-state index contributed by atoms with van der Waals surface area (Å²) in [6.45, 7) is 7.06. The fourth-order valence-corrected chi connectivity index (χ4v) is 2.71. The SMILES string of the molecule is CC(C)([C@@H]1C[C@H]1C=O)N1CCCC1. The van der Waals surface area contributed by atoms with Gasteiger partial charge in [-0.3, -0.25) is 4.90 Å². The van der Waals surface area contributed by atoms with Crippen LogP contribution in [0.25, 0.3) is 0 Å². The van der Waals surface area contributed by atoms with E-state index in [0.29, 0.717) is 11.8 Å². The second-order valence-electron chi connectivity index (χ2n) is 4.99. The third-order valence-electron chi connectivity index (χ3n) is 3.84. The molecular weight excluding hydrogens is 162 g/mol. The van der Waals surface area contributed by atoms with Crippen molar-refractivity contribution in [3.63, 3.8) is 0 Å². The van der Waals surface area contributed by atoms with E-state index in [0.717, 1.165) is 12.7 Å². The van der Waals surface area contributed by atoms with E-state index in [1.165, 1.54) is 25.9 Å². The minimum absolute atomic E-state index is 0.266. The van der Waals surface area contributed by atoms with Crippen LogP contribution in [-0.4, -0.2) is 29.8 Å². The van der Waals surface area contributed by atoms with Crippen molar-refractivity contribution < 1.29 is 4.79 Å². The third kappa shape index (κ3) is 1.52. The maximum absolute atomic E-state index is 10.6. The van der Waals surface area contributed by atoms with Gasteiger partial charge in [0.25, 0.3) is 0 Å². The molecule has 1 saturated carbocycles. The Morgan fingerprint density at radius 2 is 1.92 bits per heavy atom. The highest BCUT2D eigenvalue weighted by molar-refractivity contribution is 5.58. The van der Waals surface area contributed by atoms with Crippen LogP contribution in [0.15, 0.2) is 0 Å². The van der Waals surface area contributed by atoms with E-state index in [1.807, 2.05) is 0 Å². The zero-order valence-electron chi connectivity index (χ0n) is 8.62. The Morgan fingerprint density at radius 3 is 2.38 bits per heavy atom. The van der Waals surface area contributed by atoms with Gasteiger partial charge in [-0.05, 0) is 52.1 Å². The van der Waals surface area contributed by atoms with Crippen LogP contribution in [-0.2, 0) is 4.79 Å². The smallest absolute Gasteiger partial charge is 0.123 e. The molecule has 0 spiro atoms. The Hall–Kier alpha value is -0.370. The molecule has 2 aliphatic rings. The summed E-state index contributed by atoms with van der Waals surface area (Å²) >= 11 is 0. The molecule has 2 fully saturated rings. The molecule has 2 rings (SSSR count). The number of carbonyl (C=O) groups is 1. The zero-order valence-corrected chi connectivity index (χ0v) is 8.62. The number of nitrogens with zero attached hydrogens (tertiary/aromatic N) is 1. The van der Waals surface area contributed by atoms with Gasteiger partial charge in [-0.1, -0.05) is 0 Å². The predicted octanol–water partition coefficient (Wildman–Crippen LogP) is 1.70. The highest BCUT2D eigenvalue weighted by atomic mass is 16.1. The molecule has 0 N–H and O–H groups in total. The van der Waals surface area contributed by atoms with Crippen molar-refractivity contribution in [2.24, 2.45) is 11.8 Å². The van der Waals surface area contributed by atoms with Crippen molar-refractivity contribution in [1.82, 2.24) is 4.90 Å². The largest absolute Gasteiger partial charge is 0.303 e. The first-order valence-corrected chi connectivity index (χ1v) is 5.36. The van der Waals surface area contributed by atoms with Gasteiger partial charge in [-0.15, -0.1) is 0 Å². The van der Waals surface area contributed by atoms with E-state index in [4.69, 9.17) is 0 Å². The molecule has 1 aliphatic carbocycles. The normalized spacial score (nSPS) is 34.9. The van der Waals surface area contributed by atoms with Crippen LogP contribution >= 0.6 is 0 Å². The molecule has 0 radical (unpaired) electrons.